The average Bonchev–Trinajstić information content (AvgIpc) is 2.90. The van der Waals surface area contributed by atoms with Gasteiger partial charge in [0.25, 0.3) is 5.91 Å². The van der Waals surface area contributed by atoms with Gasteiger partial charge in [0.2, 0.25) is 10.0 Å². The molecule has 5 aromatic rings. The molecule has 3 N–H and O–H groups in total. The Morgan fingerprint density at radius 2 is 1.51 bits per heavy atom. The summed E-state index contributed by atoms with van der Waals surface area (Å²) in [5.74, 6) is -1.25. The number of carbonyl (C=O) groups excluding carboxylic acids is 2. The first kappa shape index (κ1) is 24.1. The first-order chi connectivity index (χ1) is 17.8. The van der Waals surface area contributed by atoms with Gasteiger partial charge in [-0.3, -0.25) is 4.79 Å². The molecule has 0 radical (unpaired) electrons. The monoisotopic (exact) mass is 511 g/mol. The molecule has 0 unspecified atom stereocenters. The smallest absolute Gasteiger partial charge is 0.339 e. The number of nitrogens with zero attached hydrogens (tertiary/aromatic N) is 1. The molecule has 0 aliphatic carbocycles. The molecule has 0 saturated carbocycles. The summed E-state index contributed by atoms with van der Waals surface area (Å²) in [4.78, 5) is 30.2. The molecule has 184 valence electrons. The molecule has 1 amide bonds. The summed E-state index contributed by atoms with van der Waals surface area (Å²) in [6.45, 7) is -0.532. The van der Waals surface area contributed by atoms with E-state index in [9.17, 15) is 18.0 Å². The number of anilines is 1. The quantitative estimate of drug-likeness (QED) is 0.323. The summed E-state index contributed by atoms with van der Waals surface area (Å²) in [5, 5.41) is 10.3. The number of nitrogens with one attached hydrogen (secondary N) is 1. The lowest BCUT2D eigenvalue weighted by Crippen LogP contribution is -2.21. The largest absolute Gasteiger partial charge is 0.452 e. The Kier molecular flexibility index (Phi) is 6.39. The van der Waals surface area contributed by atoms with Crippen LogP contribution in [0.4, 0.5) is 5.69 Å². The number of pyridine rings is 1. The van der Waals surface area contributed by atoms with Crippen LogP contribution >= 0.6 is 0 Å². The van der Waals surface area contributed by atoms with Crippen molar-refractivity contribution >= 4 is 49.3 Å². The van der Waals surface area contributed by atoms with Crippen molar-refractivity contribution in [3.8, 4) is 11.3 Å². The fourth-order valence-corrected chi connectivity index (χ4v) is 4.58. The third kappa shape index (κ3) is 5.18. The Labute approximate surface area is 212 Å². The molecular formula is C28H21N3O5S. The average molecular weight is 512 g/mol. The number of ether oxygens (including phenoxy) is 1. The molecule has 0 aliphatic rings. The van der Waals surface area contributed by atoms with Crippen molar-refractivity contribution < 1.29 is 22.7 Å². The first-order valence-electron chi connectivity index (χ1n) is 11.3. The van der Waals surface area contributed by atoms with Gasteiger partial charge in [-0.15, -0.1) is 0 Å². The summed E-state index contributed by atoms with van der Waals surface area (Å²) < 4.78 is 28.1. The van der Waals surface area contributed by atoms with Crippen LogP contribution in [-0.2, 0) is 19.6 Å². The van der Waals surface area contributed by atoms with E-state index < -0.39 is 28.5 Å². The number of aromatic nitrogens is 1. The van der Waals surface area contributed by atoms with Crippen LogP contribution in [-0.4, -0.2) is 31.9 Å². The minimum Gasteiger partial charge on any atom is -0.452 e. The standard InChI is InChI=1S/C28H21N3O5S/c29-37(34,35)20-14-12-19(13-15-20)30-27(32)17-36-28(33)24-16-26(31-25-11-4-3-9-23(24)25)22-10-5-7-18-6-1-2-8-21(18)22/h1-16H,17H2,(H,30,32)(H2,29,34,35). The second kappa shape index (κ2) is 9.81. The molecule has 9 heteroatoms. The van der Waals surface area contributed by atoms with Crippen LogP contribution in [0.25, 0.3) is 32.9 Å². The van der Waals surface area contributed by atoms with Gasteiger partial charge in [-0.1, -0.05) is 60.7 Å². The maximum atomic E-state index is 13.1. The van der Waals surface area contributed by atoms with Crippen molar-refractivity contribution in [2.24, 2.45) is 5.14 Å². The highest BCUT2D eigenvalue weighted by molar-refractivity contribution is 7.89. The number of fused-ring (bicyclic) bond motifs is 2. The summed E-state index contributed by atoms with van der Waals surface area (Å²) >= 11 is 0. The Hall–Kier alpha value is -4.60. The van der Waals surface area contributed by atoms with E-state index in [1.165, 1.54) is 24.3 Å². The number of nitrogens with two attached hydrogens (primary N) is 1. The highest BCUT2D eigenvalue weighted by Crippen LogP contribution is 2.30. The SMILES string of the molecule is NS(=O)(=O)c1ccc(NC(=O)COC(=O)c2cc(-c3cccc4ccccc34)nc3ccccc23)cc1. The fraction of sp³-hybridized carbons (Fsp3) is 0.0357. The van der Waals surface area contributed by atoms with Gasteiger partial charge in [0, 0.05) is 16.6 Å². The van der Waals surface area contributed by atoms with E-state index in [4.69, 9.17) is 14.9 Å². The zero-order valence-electron chi connectivity index (χ0n) is 19.4. The molecule has 0 atom stereocenters. The number of hydrogen-bond donors (Lipinski definition) is 2. The molecule has 0 spiro atoms. The highest BCUT2D eigenvalue weighted by Gasteiger charge is 2.18. The molecule has 5 rings (SSSR count). The Balaban J connectivity index is 1.39. The van der Waals surface area contributed by atoms with Crippen LogP contribution in [0.1, 0.15) is 10.4 Å². The molecule has 0 fully saturated rings. The number of benzene rings is 4. The number of para-hydroxylation sites is 1. The number of esters is 1. The Morgan fingerprint density at radius 3 is 2.27 bits per heavy atom. The van der Waals surface area contributed by atoms with Crippen LogP contribution in [0.2, 0.25) is 0 Å². The molecule has 4 aromatic carbocycles. The third-order valence-corrected chi connectivity index (χ3v) is 6.73. The van der Waals surface area contributed by atoms with Gasteiger partial charge in [0.15, 0.2) is 6.61 Å². The third-order valence-electron chi connectivity index (χ3n) is 5.80. The van der Waals surface area contributed by atoms with E-state index >= 15 is 0 Å². The van der Waals surface area contributed by atoms with Crippen LogP contribution in [0.15, 0.2) is 102 Å². The van der Waals surface area contributed by atoms with Crippen LogP contribution < -0.4 is 10.5 Å². The summed E-state index contributed by atoms with van der Waals surface area (Å²) in [6.07, 6.45) is 0. The highest BCUT2D eigenvalue weighted by atomic mass is 32.2. The number of amides is 1. The van der Waals surface area contributed by atoms with Crippen molar-refractivity contribution in [3.05, 3.63) is 103 Å². The van der Waals surface area contributed by atoms with Gasteiger partial charge in [0.1, 0.15) is 0 Å². The van der Waals surface area contributed by atoms with Crippen LogP contribution in [0.5, 0.6) is 0 Å². The van der Waals surface area contributed by atoms with Gasteiger partial charge in [-0.25, -0.2) is 23.3 Å². The lowest BCUT2D eigenvalue weighted by Gasteiger charge is -2.12. The van der Waals surface area contributed by atoms with Gasteiger partial charge < -0.3 is 10.1 Å². The summed E-state index contributed by atoms with van der Waals surface area (Å²) in [6, 6.07) is 28.1. The predicted molar refractivity (Wildman–Crippen MR) is 141 cm³/mol. The molecule has 0 aliphatic heterocycles. The normalized spacial score (nSPS) is 11.4. The lowest BCUT2D eigenvalue weighted by molar-refractivity contribution is -0.119. The minimum atomic E-state index is -3.84. The van der Waals surface area contributed by atoms with E-state index in [2.05, 4.69) is 5.32 Å². The fourth-order valence-electron chi connectivity index (χ4n) is 4.06. The Morgan fingerprint density at radius 1 is 0.838 bits per heavy atom. The van der Waals surface area contributed by atoms with E-state index in [-0.39, 0.29) is 4.90 Å². The Bertz CT molecular complexity index is 1760. The second-order valence-corrected chi connectivity index (χ2v) is 9.85. The first-order valence-corrected chi connectivity index (χ1v) is 12.8. The zero-order chi connectivity index (χ0) is 26.0. The van der Waals surface area contributed by atoms with E-state index in [0.29, 0.717) is 27.8 Å². The van der Waals surface area contributed by atoms with Gasteiger partial charge >= 0.3 is 5.97 Å². The predicted octanol–water partition coefficient (Wildman–Crippen LogP) is 4.50. The molecule has 0 saturated heterocycles. The van der Waals surface area contributed by atoms with Crippen molar-refractivity contribution in [2.45, 2.75) is 4.90 Å². The molecule has 0 bridgehead atoms. The maximum Gasteiger partial charge on any atom is 0.339 e. The van der Waals surface area contributed by atoms with Crippen molar-refractivity contribution in [1.82, 2.24) is 4.98 Å². The summed E-state index contributed by atoms with van der Waals surface area (Å²) in [5.41, 5.74) is 2.74. The number of primary sulfonamides is 1. The van der Waals surface area contributed by atoms with Crippen molar-refractivity contribution in [3.63, 3.8) is 0 Å². The maximum absolute atomic E-state index is 13.1. The van der Waals surface area contributed by atoms with Crippen molar-refractivity contribution in [1.29, 1.82) is 0 Å². The lowest BCUT2D eigenvalue weighted by atomic mass is 9.99. The van der Waals surface area contributed by atoms with Crippen molar-refractivity contribution in [2.75, 3.05) is 11.9 Å². The minimum absolute atomic E-state index is 0.0801. The van der Waals surface area contributed by atoms with Gasteiger partial charge in [0.05, 0.1) is 21.7 Å². The second-order valence-electron chi connectivity index (χ2n) is 8.29. The van der Waals surface area contributed by atoms with E-state index in [1.807, 2.05) is 54.6 Å². The van der Waals surface area contributed by atoms with Crippen LogP contribution in [0, 0.1) is 0 Å². The zero-order valence-corrected chi connectivity index (χ0v) is 20.2. The molecule has 1 heterocycles. The van der Waals surface area contributed by atoms with Gasteiger partial charge in [-0.05, 0) is 47.2 Å². The van der Waals surface area contributed by atoms with E-state index in [1.54, 1.807) is 18.2 Å². The summed E-state index contributed by atoms with van der Waals surface area (Å²) in [7, 11) is -3.84. The van der Waals surface area contributed by atoms with E-state index in [0.717, 1.165) is 16.3 Å². The van der Waals surface area contributed by atoms with Crippen LogP contribution in [0.3, 0.4) is 0 Å². The number of hydrogen-bond acceptors (Lipinski definition) is 6. The number of carbonyl (C=O) groups is 2. The number of rotatable bonds is 6. The topological polar surface area (TPSA) is 128 Å². The molecule has 1 aromatic heterocycles. The van der Waals surface area contributed by atoms with Gasteiger partial charge in [-0.2, -0.15) is 0 Å². The molecule has 37 heavy (non-hydrogen) atoms. The molecular weight excluding hydrogens is 490 g/mol. The molecule has 8 nitrogen and oxygen atoms in total. The number of sulfonamides is 1.